The van der Waals surface area contributed by atoms with Crippen molar-refractivity contribution in [3.05, 3.63) is 29.3 Å². The van der Waals surface area contributed by atoms with Crippen LogP contribution in [0.25, 0.3) is 0 Å². The zero-order valence-corrected chi connectivity index (χ0v) is 10.7. The second-order valence-electron chi connectivity index (χ2n) is 4.84. The molecule has 1 fully saturated rings. The molecule has 1 aromatic rings. The summed E-state index contributed by atoms with van der Waals surface area (Å²) in [6.45, 7) is 4.95. The van der Waals surface area contributed by atoms with Crippen molar-refractivity contribution in [3.63, 3.8) is 0 Å². The van der Waals surface area contributed by atoms with E-state index in [-0.39, 0.29) is 0 Å². The Bertz CT molecular complexity index is 378. The molecule has 3 N–H and O–H groups in total. The SMILES string of the molecule is COc1ccc(C)cc1C1CNCCC1CN. The van der Waals surface area contributed by atoms with Crippen molar-refractivity contribution >= 4 is 0 Å². The van der Waals surface area contributed by atoms with E-state index in [1.807, 2.05) is 0 Å². The normalized spacial score (nSPS) is 24.6. The van der Waals surface area contributed by atoms with Gasteiger partial charge in [0.2, 0.25) is 0 Å². The minimum atomic E-state index is 0.476. The van der Waals surface area contributed by atoms with E-state index in [9.17, 15) is 0 Å². The molecule has 1 heterocycles. The van der Waals surface area contributed by atoms with Crippen LogP contribution in [0.3, 0.4) is 0 Å². The number of rotatable bonds is 3. The van der Waals surface area contributed by atoms with Gasteiger partial charge >= 0.3 is 0 Å². The Hall–Kier alpha value is -1.06. The number of piperidine rings is 1. The molecule has 2 unspecified atom stereocenters. The molecular formula is C14H22N2O. The van der Waals surface area contributed by atoms with Gasteiger partial charge in [-0.1, -0.05) is 17.7 Å². The van der Waals surface area contributed by atoms with E-state index in [1.165, 1.54) is 11.1 Å². The maximum Gasteiger partial charge on any atom is 0.122 e. The van der Waals surface area contributed by atoms with Gasteiger partial charge in [0.1, 0.15) is 5.75 Å². The monoisotopic (exact) mass is 234 g/mol. The zero-order valence-electron chi connectivity index (χ0n) is 10.7. The lowest BCUT2D eigenvalue weighted by Gasteiger charge is -2.32. The molecule has 0 radical (unpaired) electrons. The molecule has 3 nitrogen and oxygen atoms in total. The third-order valence-electron chi connectivity index (χ3n) is 3.71. The largest absolute Gasteiger partial charge is 0.496 e. The number of aryl methyl sites for hydroxylation is 1. The molecule has 17 heavy (non-hydrogen) atoms. The lowest BCUT2D eigenvalue weighted by molar-refractivity contribution is 0.319. The summed E-state index contributed by atoms with van der Waals surface area (Å²) in [5, 5.41) is 3.46. The first kappa shape index (κ1) is 12.4. The Morgan fingerprint density at radius 2 is 2.29 bits per heavy atom. The van der Waals surface area contributed by atoms with Crippen LogP contribution in [-0.2, 0) is 0 Å². The maximum atomic E-state index is 5.89. The van der Waals surface area contributed by atoms with Crippen LogP contribution < -0.4 is 15.8 Å². The summed E-state index contributed by atoms with van der Waals surface area (Å²) >= 11 is 0. The number of hydrogen-bond acceptors (Lipinski definition) is 3. The predicted molar refractivity (Wildman–Crippen MR) is 70.5 cm³/mol. The highest BCUT2D eigenvalue weighted by molar-refractivity contribution is 5.40. The first-order chi connectivity index (χ1) is 8.26. The number of ether oxygens (including phenoxy) is 1. The zero-order chi connectivity index (χ0) is 12.3. The molecular weight excluding hydrogens is 212 g/mol. The van der Waals surface area contributed by atoms with Crippen molar-refractivity contribution in [3.8, 4) is 5.75 Å². The molecule has 3 heteroatoms. The van der Waals surface area contributed by atoms with Crippen molar-refractivity contribution in [2.75, 3.05) is 26.7 Å². The van der Waals surface area contributed by atoms with Gasteiger partial charge in [0.15, 0.2) is 0 Å². The molecule has 2 rings (SSSR count). The average Bonchev–Trinajstić information content (AvgIpc) is 2.38. The van der Waals surface area contributed by atoms with Gasteiger partial charge in [-0.2, -0.15) is 0 Å². The van der Waals surface area contributed by atoms with Gasteiger partial charge in [0, 0.05) is 12.5 Å². The summed E-state index contributed by atoms with van der Waals surface area (Å²) in [7, 11) is 1.74. The Balaban J connectivity index is 2.33. The molecule has 1 aliphatic heterocycles. The third-order valence-corrected chi connectivity index (χ3v) is 3.71. The van der Waals surface area contributed by atoms with Crippen molar-refractivity contribution in [1.82, 2.24) is 5.32 Å². The standard InChI is InChI=1S/C14H22N2O/c1-10-3-4-14(17-2)12(7-10)13-9-16-6-5-11(13)8-15/h3-4,7,11,13,16H,5-6,8-9,15H2,1-2H3. The van der Waals surface area contributed by atoms with E-state index in [4.69, 9.17) is 10.5 Å². The second kappa shape index (κ2) is 5.52. The van der Waals surface area contributed by atoms with Gasteiger partial charge in [-0.25, -0.2) is 0 Å². The molecule has 0 saturated carbocycles. The summed E-state index contributed by atoms with van der Waals surface area (Å²) < 4.78 is 5.48. The van der Waals surface area contributed by atoms with E-state index >= 15 is 0 Å². The topological polar surface area (TPSA) is 47.3 Å². The maximum absolute atomic E-state index is 5.89. The number of nitrogens with one attached hydrogen (secondary N) is 1. The molecule has 0 aliphatic carbocycles. The van der Waals surface area contributed by atoms with Crippen molar-refractivity contribution < 1.29 is 4.74 Å². The van der Waals surface area contributed by atoms with Crippen LogP contribution in [0.1, 0.15) is 23.5 Å². The van der Waals surface area contributed by atoms with Crippen molar-refractivity contribution in [2.24, 2.45) is 11.7 Å². The fraction of sp³-hybridized carbons (Fsp3) is 0.571. The van der Waals surface area contributed by atoms with E-state index in [0.29, 0.717) is 11.8 Å². The van der Waals surface area contributed by atoms with Crippen LogP contribution >= 0.6 is 0 Å². The van der Waals surface area contributed by atoms with Crippen molar-refractivity contribution in [1.29, 1.82) is 0 Å². The minimum Gasteiger partial charge on any atom is -0.496 e. The highest BCUT2D eigenvalue weighted by atomic mass is 16.5. The summed E-state index contributed by atoms with van der Waals surface area (Å²) in [5.74, 6) is 2.03. The molecule has 2 atom stereocenters. The predicted octanol–water partition coefficient (Wildman–Crippen LogP) is 1.66. The third kappa shape index (κ3) is 2.61. The Labute approximate surface area is 103 Å². The quantitative estimate of drug-likeness (QED) is 0.836. The first-order valence-corrected chi connectivity index (χ1v) is 6.31. The van der Waals surface area contributed by atoms with Gasteiger partial charge in [-0.3, -0.25) is 0 Å². The van der Waals surface area contributed by atoms with Gasteiger partial charge in [0.05, 0.1) is 7.11 Å². The first-order valence-electron chi connectivity index (χ1n) is 6.31. The van der Waals surface area contributed by atoms with Gasteiger partial charge in [-0.15, -0.1) is 0 Å². The highest BCUT2D eigenvalue weighted by Crippen LogP contribution is 2.35. The highest BCUT2D eigenvalue weighted by Gasteiger charge is 2.27. The minimum absolute atomic E-state index is 0.476. The molecule has 94 valence electrons. The second-order valence-corrected chi connectivity index (χ2v) is 4.84. The van der Waals surface area contributed by atoms with Crippen LogP contribution in [0.4, 0.5) is 0 Å². The van der Waals surface area contributed by atoms with Crippen LogP contribution in [-0.4, -0.2) is 26.7 Å². The molecule has 0 bridgehead atoms. The molecule has 0 aromatic heterocycles. The van der Waals surface area contributed by atoms with Crippen molar-refractivity contribution in [2.45, 2.75) is 19.3 Å². The number of benzene rings is 1. The molecule has 0 spiro atoms. The average molecular weight is 234 g/mol. The number of hydrogen-bond donors (Lipinski definition) is 2. The van der Waals surface area contributed by atoms with E-state index in [2.05, 4.69) is 30.4 Å². The lowest BCUT2D eigenvalue weighted by atomic mass is 9.80. The number of nitrogens with two attached hydrogens (primary N) is 1. The Kier molecular flexibility index (Phi) is 4.02. The summed E-state index contributed by atoms with van der Waals surface area (Å²) in [4.78, 5) is 0. The fourth-order valence-corrected chi connectivity index (χ4v) is 2.70. The van der Waals surface area contributed by atoms with Gasteiger partial charge < -0.3 is 15.8 Å². The van der Waals surface area contributed by atoms with Gasteiger partial charge in [-0.05, 0) is 44.0 Å². The smallest absolute Gasteiger partial charge is 0.122 e. The lowest BCUT2D eigenvalue weighted by Crippen LogP contribution is -2.38. The summed E-state index contributed by atoms with van der Waals surface area (Å²) in [6.07, 6.45) is 1.15. The molecule has 1 aromatic carbocycles. The molecule has 1 saturated heterocycles. The molecule has 0 amide bonds. The van der Waals surface area contributed by atoms with Crippen LogP contribution in [0.2, 0.25) is 0 Å². The Morgan fingerprint density at radius 1 is 1.47 bits per heavy atom. The summed E-state index contributed by atoms with van der Waals surface area (Å²) in [6, 6.07) is 6.39. The summed E-state index contributed by atoms with van der Waals surface area (Å²) in [5.41, 5.74) is 8.47. The van der Waals surface area contributed by atoms with Crippen LogP contribution in [0.5, 0.6) is 5.75 Å². The number of methoxy groups -OCH3 is 1. The Morgan fingerprint density at radius 3 is 3.00 bits per heavy atom. The van der Waals surface area contributed by atoms with Crippen LogP contribution in [0, 0.1) is 12.8 Å². The van der Waals surface area contributed by atoms with E-state index < -0.39 is 0 Å². The van der Waals surface area contributed by atoms with Gasteiger partial charge in [0.25, 0.3) is 0 Å². The fourth-order valence-electron chi connectivity index (χ4n) is 2.70. The van der Waals surface area contributed by atoms with Crippen LogP contribution in [0.15, 0.2) is 18.2 Å². The molecule has 1 aliphatic rings. The van der Waals surface area contributed by atoms with E-state index in [1.54, 1.807) is 7.11 Å². The van der Waals surface area contributed by atoms with E-state index in [0.717, 1.165) is 31.8 Å².